The first-order valence-corrected chi connectivity index (χ1v) is 7.90. The zero-order valence-corrected chi connectivity index (χ0v) is 14.0. The Balaban J connectivity index is 1.82. The second kappa shape index (κ2) is 6.35. The van der Waals surface area contributed by atoms with Gasteiger partial charge in [0.15, 0.2) is 6.10 Å². The highest BCUT2D eigenvalue weighted by Gasteiger charge is 2.32. The van der Waals surface area contributed by atoms with Gasteiger partial charge in [0.2, 0.25) is 5.91 Å². The molecular weight excluding hydrogens is 304 g/mol. The third kappa shape index (κ3) is 2.97. The molecule has 1 aliphatic rings. The lowest BCUT2D eigenvalue weighted by molar-refractivity contribution is -0.127. The lowest BCUT2D eigenvalue weighted by Gasteiger charge is -2.32. The number of para-hydroxylation sites is 3. The third-order valence-corrected chi connectivity index (χ3v) is 4.12. The van der Waals surface area contributed by atoms with Gasteiger partial charge in [0.05, 0.1) is 5.69 Å². The first-order chi connectivity index (χ1) is 11.5. The summed E-state index contributed by atoms with van der Waals surface area (Å²) in [7, 11) is 0. The van der Waals surface area contributed by atoms with Crippen molar-refractivity contribution in [3.8, 4) is 5.75 Å². The van der Waals surface area contributed by atoms with Gasteiger partial charge in [0.25, 0.3) is 5.91 Å². The molecule has 5 nitrogen and oxygen atoms in total. The Morgan fingerprint density at radius 3 is 2.50 bits per heavy atom. The van der Waals surface area contributed by atoms with Crippen LogP contribution in [0.1, 0.15) is 18.1 Å². The Morgan fingerprint density at radius 2 is 1.79 bits per heavy atom. The van der Waals surface area contributed by atoms with Crippen LogP contribution in [0.15, 0.2) is 42.5 Å². The maximum absolute atomic E-state index is 12.5. The number of carbonyl (C=O) groups excluding carboxylic acids is 2. The maximum atomic E-state index is 12.5. The number of ether oxygens (including phenoxy) is 1. The largest absolute Gasteiger partial charge is 0.479 e. The van der Waals surface area contributed by atoms with E-state index in [9.17, 15) is 9.59 Å². The van der Waals surface area contributed by atoms with Crippen LogP contribution in [0.25, 0.3) is 0 Å². The molecule has 0 radical (unpaired) electrons. The normalized spacial score (nSPS) is 16.4. The summed E-state index contributed by atoms with van der Waals surface area (Å²) in [5.41, 5.74) is 3.40. The molecule has 1 N–H and O–H groups in total. The van der Waals surface area contributed by atoms with E-state index in [4.69, 9.17) is 4.74 Å². The second-order valence-corrected chi connectivity index (χ2v) is 5.97. The summed E-state index contributed by atoms with van der Waals surface area (Å²) in [5, 5.41) is 2.92. The summed E-state index contributed by atoms with van der Waals surface area (Å²) in [5.74, 6) is 0.166. The summed E-state index contributed by atoms with van der Waals surface area (Å²) >= 11 is 0. The number of fused-ring (bicyclic) bond motifs is 1. The van der Waals surface area contributed by atoms with E-state index in [1.165, 1.54) is 4.90 Å². The van der Waals surface area contributed by atoms with Gasteiger partial charge in [-0.2, -0.15) is 0 Å². The van der Waals surface area contributed by atoms with Crippen LogP contribution in [0.3, 0.4) is 0 Å². The fourth-order valence-corrected chi connectivity index (χ4v) is 2.86. The minimum Gasteiger partial charge on any atom is -0.479 e. The molecule has 5 heteroatoms. The summed E-state index contributed by atoms with van der Waals surface area (Å²) in [6.07, 6.45) is -0.604. The number of nitrogens with zero attached hydrogens (tertiary/aromatic N) is 1. The predicted octanol–water partition coefficient (Wildman–Crippen LogP) is 3.06. The van der Waals surface area contributed by atoms with Gasteiger partial charge in [-0.1, -0.05) is 30.3 Å². The van der Waals surface area contributed by atoms with Crippen molar-refractivity contribution in [2.75, 3.05) is 16.8 Å². The lowest BCUT2D eigenvalue weighted by Crippen LogP contribution is -2.47. The molecular formula is C19H20N2O3. The predicted molar refractivity (Wildman–Crippen MR) is 93.4 cm³/mol. The van der Waals surface area contributed by atoms with Crippen molar-refractivity contribution in [3.05, 3.63) is 53.6 Å². The van der Waals surface area contributed by atoms with Crippen LogP contribution in [0.5, 0.6) is 5.75 Å². The average molecular weight is 324 g/mol. The van der Waals surface area contributed by atoms with Crippen molar-refractivity contribution in [2.45, 2.75) is 26.9 Å². The van der Waals surface area contributed by atoms with E-state index in [0.717, 1.165) is 16.8 Å². The molecule has 0 unspecified atom stereocenters. The number of anilines is 2. The number of benzene rings is 2. The molecule has 0 fully saturated rings. The standard InChI is InChI=1S/C19H20N2O3/c1-12-7-6-8-13(2)18(12)20-17(22)11-21-15-9-4-5-10-16(15)24-14(3)19(21)23/h4-10,14H,11H2,1-3H3,(H,20,22)/t14-/m1/s1. The maximum Gasteiger partial charge on any atom is 0.268 e. The van der Waals surface area contributed by atoms with Crippen LogP contribution < -0.4 is 15.0 Å². The number of hydrogen-bond donors (Lipinski definition) is 1. The monoisotopic (exact) mass is 324 g/mol. The number of rotatable bonds is 3. The summed E-state index contributed by atoms with van der Waals surface area (Å²) in [6.45, 7) is 5.53. The Hall–Kier alpha value is -2.82. The van der Waals surface area contributed by atoms with E-state index in [2.05, 4.69) is 5.32 Å². The molecule has 0 spiro atoms. The minimum atomic E-state index is -0.604. The Labute approximate surface area is 141 Å². The van der Waals surface area contributed by atoms with Crippen LogP contribution in [0, 0.1) is 13.8 Å². The van der Waals surface area contributed by atoms with Gasteiger partial charge in [0.1, 0.15) is 12.3 Å². The Morgan fingerprint density at radius 1 is 1.12 bits per heavy atom. The highest BCUT2D eigenvalue weighted by Crippen LogP contribution is 2.33. The summed E-state index contributed by atoms with van der Waals surface area (Å²) < 4.78 is 5.59. The molecule has 0 bridgehead atoms. The number of carbonyl (C=O) groups is 2. The second-order valence-electron chi connectivity index (χ2n) is 5.97. The van der Waals surface area contributed by atoms with Gasteiger partial charge in [-0.3, -0.25) is 14.5 Å². The molecule has 1 heterocycles. The molecule has 124 valence electrons. The molecule has 2 aromatic rings. The minimum absolute atomic E-state index is 0.0443. The fraction of sp³-hybridized carbons (Fsp3) is 0.263. The fourth-order valence-electron chi connectivity index (χ4n) is 2.86. The van der Waals surface area contributed by atoms with Crippen LogP contribution in [-0.2, 0) is 9.59 Å². The SMILES string of the molecule is Cc1cccc(C)c1NC(=O)CN1C(=O)[C@@H](C)Oc2ccccc21. The molecule has 0 aliphatic carbocycles. The van der Waals surface area contributed by atoms with Gasteiger partial charge < -0.3 is 10.1 Å². The number of amides is 2. The first-order valence-electron chi connectivity index (χ1n) is 7.90. The van der Waals surface area contributed by atoms with E-state index in [1.807, 2.05) is 44.2 Å². The molecule has 2 amide bonds. The Bertz CT molecular complexity index is 781. The highest BCUT2D eigenvalue weighted by atomic mass is 16.5. The highest BCUT2D eigenvalue weighted by molar-refractivity contribution is 6.06. The summed E-state index contributed by atoms with van der Waals surface area (Å²) in [4.78, 5) is 26.4. The molecule has 0 aromatic heterocycles. The van der Waals surface area contributed by atoms with E-state index in [1.54, 1.807) is 19.1 Å². The molecule has 2 aromatic carbocycles. The molecule has 1 aliphatic heterocycles. The molecule has 3 rings (SSSR count). The van der Waals surface area contributed by atoms with Crippen LogP contribution >= 0.6 is 0 Å². The molecule has 24 heavy (non-hydrogen) atoms. The number of aryl methyl sites for hydroxylation is 2. The summed E-state index contributed by atoms with van der Waals surface area (Å²) in [6, 6.07) is 13.1. The van der Waals surface area contributed by atoms with Crippen LogP contribution in [0.2, 0.25) is 0 Å². The molecule has 1 atom stereocenters. The van der Waals surface area contributed by atoms with Crippen molar-refractivity contribution in [1.29, 1.82) is 0 Å². The van der Waals surface area contributed by atoms with Crippen molar-refractivity contribution in [3.63, 3.8) is 0 Å². The van der Waals surface area contributed by atoms with E-state index in [-0.39, 0.29) is 18.4 Å². The van der Waals surface area contributed by atoms with Crippen molar-refractivity contribution in [2.24, 2.45) is 0 Å². The third-order valence-electron chi connectivity index (χ3n) is 4.12. The molecule has 0 saturated heterocycles. The van der Waals surface area contributed by atoms with Crippen molar-refractivity contribution >= 4 is 23.2 Å². The quantitative estimate of drug-likeness (QED) is 0.944. The zero-order chi connectivity index (χ0) is 17.3. The van der Waals surface area contributed by atoms with Gasteiger partial charge in [-0.25, -0.2) is 0 Å². The van der Waals surface area contributed by atoms with Gasteiger partial charge >= 0.3 is 0 Å². The number of hydrogen-bond acceptors (Lipinski definition) is 3. The zero-order valence-electron chi connectivity index (χ0n) is 14.0. The van der Waals surface area contributed by atoms with E-state index in [0.29, 0.717) is 11.4 Å². The van der Waals surface area contributed by atoms with Crippen LogP contribution in [-0.4, -0.2) is 24.5 Å². The average Bonchev–Trinajstić information content (AvgIpc) is 2.55. The molecule has 0 saturated carbocycles. The van der Waals surface area contributed by atoms with Crippen molar-refractivity contribution in [1.82, 2.24) is 0 Å². The van der Waals surface area contributed by atoms with Gasteiger partial charge in [-0.05, 0) is 44.0 Å². The Kier molecular flexibility index (Phi) is 4.25. The van der Waals surface area contributed by atoms with E-state index < -0.39 is 6.10 Å². The van der Waals surface area contributed by atoms with Gasteiger partial charge in [0, 0.05) is 5.69 Å². The smallest absolute Gasteiger partial charge is 0.268 e. The topological polar surface area (TPSA) is 58.6 Å². The van der Waals surface area contributed by atoms with Crippen molar-refractivity contribution < 1.29 is 14.3 Å². The van der Waals surface area contributed by atoms with Crippen LogP contribution in [0.4, 0.5) is 11.4 Å². The number of nitrogens with one attached hydrogen (secondary N) is 1. The van der Waals surface area contributed by atoms with Gasteiger partial charge in [-0.15, -0.1) is 0 Å². The van der Waals surface area contributed by atoms with E-state index >= 15 is 0 Å². The first kappa shape index (κ1) is 16.1. The lowest BCUT2D eigenvalue weighted by atomic mass is 10.1.